The lowest BCUT2D eigenvalue weighted by Gasteiger charge is -2.42. The van der Waals surface area contributed by atoms with Gasteiger partial charge in [-0.05, 0) is 49.4 Å². The van der Waals surface area contributed by atoms with Crippen molar-refractivity contribution < 1.29 is 23.5 Å². The van der Waals surface area contributed by atoms with E-state index < -0.39 is 0 Å². The molecule has 0 radical (unpaired) electrons. The first-order valence-electron chi connectivity index (χ1n) is 11.2. The third-order valence-corrected chi connectivity index (χ3v) is 6.66. The van der Waals surface area contributed by atoms with E-state index in [1.807, 2.05) is 9.80 Å². The van der Waals surface area contributed by atoms with Gasteiger partial charge in [0.15, 0.2) is 0 Å². The first-order valence-corrected chi connectivity index (χ1v) is 11.2. The largest absolute Gasteiger partial charge is 0.491 e. The summed E-state index contributed by atoms with van der Waals surface area (Å²) in [5.41, 5.74) is 0. The summed E-state index contributed by atoms with van der Waals surface area (Å²) in [6.45, 7) is 2.29. The molecule has 6 nitrogen and oxygen atoms in total. The molecule has 1 saturated carbocycles. The molecule has 1 aromatic carbocycles. The van der Waals surface area contributed by atoms with E-state index in [4.69, 9.17) is 9.47 Å². The molecule has 4 rings (SSSR count). The molecular weight excluding hydrogens is 387 g/mol. The van der Waals surface area contributed by atoms with Crippen LogP contribution in [0.15, 0.2) is 24.3 Å². The first kappa shape index (κ1) is 21.1. The van der Waals surface area contributed by atoms with Crippen LogP contribution in [0.5, 0.6) is 5.75 Å². The van der Waals surface area contributed by atoms with E-state index in [-0.39, 0.29) is 36.4 Å². The summed E-state index contributed by atoms with van der Waals surface area (Å²) < 4.78 is 24.3. The van der Waals surface area contributed by atoms with Crippen molar-refractivity contribution in [2.75, 3.05) is 32.8 Å². The molecule has 2 aliphatic heterocycles. The second-order valence-corrected chi connectivity index (χ2v) is 8.69. The summed E-state index contributed by atoms with van der Waals surface area (Å²) in [5, 5.41) is 0. The van der Waals surface area contributed by atoms with Gasteiger partial charge in [-0.3, -0.25) is 9.59 Å². The average Bonchev–Trinajstić information content (AvgIpc) is 2.73. The number of hydrogen-bond acceptors (Lipinski definition) is 4. The molecule has 0 aromatic heterocycles. The lowest BCUT2D eigenvalue weighted by molar-refractivity contribution is -0.155. The van der Waals surface area contributed by atoms with Gasteiger partial charge in [-0.25, -0.2) is 4.39 Å². The van der Waals surface area contributed by atoms with Crippen LogP contribution in [0, 0.1) is 11.7 Å². The van der Waals surface area contributed by atoms with Gasteiger partial charge in [0.25, 0.3) is 0 Å². The van der Waals surface area contributed by atoms with E-state index >= 15 is 0 Å². The van der Waals surface area contributed by atoms with Crippen molar-refractivity contribution in [3.05, 3.63) is 30.1 Å². The summed E-state index contributed by atoms with van der Waals surface area (Å²) in [7, 11) is 0. The van der Waals surface area contributed by atoms with Crippen LogP contribution in [0.2, 0.25) is 0 Å². The fourth-order valence-electron chi connectivity index (χ4n) is 4.51. The van der Waals surface area contributed by atoms with E-state index in [9.17, 15) is 14.0 Å². The number of rotatable bonds is 7. The Kier molecular flexibility index (Phi) is 6.87. The highest BCUT2D eigenvalue weighted by molar-refractivity contribution is 5.79. The Bertz CT molecular complexity index is 729. The number of benzene rings is 1. The topological polar surface area (TPSA) is 59.1 Å². The smallest absolute Gasteiger partial charge is 0.248 e. The number of hydrogen-bond donors (Lipinski definition) is 0. The number of carbonyl (C=O) groups is 2. The molecule has 3 aliphatic rings. The molecule has 0 bridgehead atoms. The van der Waals surface area contributed by atoms with Crippen LogP contribution in [0.25, 0.3) is 0 Å². The Balaban J connectivity index is 1.22. The van der Waals surface area contributed by atoms with E-state index in [0.717, 1.165) is 38.3 Å². The predicted octanol–water partition coefficient (Wildman–Crippen LogP) is 3.00. The number of morpholine rings is 1. The Morgan fingerprint density at radius 2 is 1.87 bits per heavy atom. The zero-order valence-electron chi connectivity index (χ0n) is 17.4. The fraction of sp³-hybridized carbons (Fsp3) is 0.652. The van der Waals surface area contributed by atoms with Gasteiger partial charge in [0.05, 0.1) is 6.54 Å². The Morgan fingerprint density at radius 3 is 2.53 bits per heavy atom. The van der Waals surface area contributed by atoms with Crippen LogP contribution >= 0.6 is 0 Å². The minimum absolute atomic E-state index is 0.00259. The molecule has 2 saturated heterocycles. The van der Waals surface area contributed by atoms with Crippen LogP contribution < -0.4 is 4.74 Å². The number of ether oxygens (including phenoxy) is 2. The average molecular weight is 419 g/mol. The van der Waals surface area contributed by atoms with Gasteiger partial charge < -0.3 is 19.3 Å². The highest BCUT2D eigenvalue weighted by Gasteiger charge is 2.34. The lowest BCUT2D eigenvalue weighted by Crippen LogP contribution is -2.55. The lowest BCUT2D eigenvalue weighted by atomic mass is 9.82. The first-order chi connectivity index (χ1) is 14.6. The van der Waals surface area contributed by atoms with E-state index in [0.29, 0.717) is 25.3 Å². The van der Waals surface area contributed by atoms with Gasteiger partial charge in [0.2, 0.25) is 11.8 Å². The van der Waals surface area contributed by atoms with Crippen LogP contribution in [0.1, 0.15) is 44.9 Å². The highest BCUT2D eigenvalue weighted by atomic mass is 19.1. The second-order valence-electron chi connectivity index (χ2n) is 8.69. The maximum Gasteiger partial charge on any atom is 0.248 e. The van der Waals surface area contributed by atoms with Crippen molar-refractivity contribution in [3.8, 4) is 5.75 Å². The second kappa shape index (κ2) is 9.77. The Hall–Kier alpha value is -2.15. The zero-order valence-corrected chi connectivity index (χ0v) is 17.4. The van der Waals surface area contributed by atoms with Crippen molar-refractivity contribution in [2.45, 2.75) is 57.1 Å². The molecule has 3 fully saturated rings. The number of carbonyl (C=O) groups excluding carboxylic acids is 2. The van der Waals surface area contributed by atoms with E-state index in [1.54, 1.807) is 12.1 Å². The Morgan fingerprint density at radius 1 is 1.13 bits per heavy atom. The van der Waals surface area contributed by atoms with Gasteiger partial charge in [-0.1, -0.05) is 19.3 Å². The van der Waals surface area contributed by atoms with Crippen LogP contribution in [0.4, 0.5) is 4.39 Å². The number of halogens is 1. The summed E-state index contributed by atoms with van der Waals surface area (Å²) in [6, 6.07) is 6.02. The fourth-order valence-corrected chi connectivity index (χ4v) is 4.51. The monoisotopic (exact) mass is 418 g/mol. The van der Waals surface area contributed by atoms with Gasteiger partial charge in [-0.2, -0.15) is 0 Å². The van der Waals surface area contributed by atoms with Crippen LogP contribution in [0.3, 0.4) is 0 Å². The van der Waals surface area contributed by atoms with Gasteiger partial charge >= 0.3 is 0 Å². The van der Waals surface area contributed by atoms with Gasteiger partial charge in [-0.15, -0.1) is 0 Å². The standard InChI is InChI=1S/C23H31FN2O4/c24-18-5-7-20(8-6-18)29-15-21-14-26(23(28)16-30-21)19-10-12-25(13-11-19)22(27)9-4-17-2-1-3-17/h5-8,17,19,21H,1-4,9-16H2. The summed E-state index contributed by atoms with van der Waals surface area (Å²) >= 11 is 0. The minimum atomic E-state index is -0.305. The summed E-state index contributed by atoms with van der Waals surface area (Å²) in [5.74, 6) is 1.30. The van der Waals surface area contributed by atoms with E-state index in [2.05, 4.69) is 0 Å². The number of amides is 2. The van der Waals surface area contributed by atoms with Crippen LogP contribution in [-0.2, 0) is 14.3 Å². The third kappa shape index (κ3) is 5.31. The summed E-state index contributed by atoms with van der Waals surface area (Å²) in [4.78, 5) is 28.8. The van der Waals surface area contributed by atoms with Gasteiger partial charge in [0.1, 0.15) is 30.9 Å². The molecule has 1 aliphatic carbocycles. The summed E-state index contributed by atoms with van der Waals surface area (Å²) in [6.07, 6.45) is 6.97. The normalized spacial score (nSPS) is 23.4. The maximum atomic E-state index is 13.0. The van der Waals surface area contributed by atoms with Crippen LogP contribution in [-0.4, -0.2) is 66.6 Å². The van der Waals surface area contributed by atoms with Crippen molar-refractivity contribution >= 4 is 11.8 Å². The van der Waals surface area contributed by atoms with Crippen molar-refractivity contribution in [2.24, 2.45) is 5.92 Å². The molecule has 30 heavy (non-hydrogen) atoms. The SMILES string of the molecule is O=C(CCC1CCC1)N1CCC(N2CC(COc3ccc(F)cc3)OCC2=O)CC1. The van der Waals surface area contributed by atoms with E-state index in [1.165, 1.54) is 31.4 Å². The molecule has 164 valence electrons. The highest BCUT2D eigenvalue weighted by Crippen LogP contribution is 2.31. The van der Waals surface area contributed by atoms with Gasteiger partial charge in [0, 0.05) is 25.6 Å². The molecule has 0 spiro atoms. The number of piperidine rings is 1. The quantitative estimate of drug-likeness (QED) is 0.683. The van der Waals surface area contributed by atoms with Crippen molar-refractivity contribution in [1.82, 2.24) is 9.80 Å². The predicted molar refractivity (Wildman–Crippen MR) is 110 cm³/mol. The molecule has 2 heterocycles. The molecule has 1 aromatic rings. The molecule has 1 unspecified atom stereocenters. The third-order valence-electron chi connectivity index (χ3n) is 6.66. The molecular formula is C23H31FN2O4. The molecule has 1 atom stereocenters. The number of nitrogens with zero attached hydrogens (tertiary/aromatic N) is 2. The zero-order chi connectivity index (χ0) is 20.9. The number of likely N-dealkylation sites (tertiary alicyclic amines) is 1. The van der Waals surface area contributed by atoms with Crippen molar-refractivity contribution in [3.63, 3.8) is 0 Å². The molecule has 0 N–H and O–H groups in total. The molecule has 2 amide bonds. The molecule has 7 heteroatoms. The minimum Gasteiger partial charge on any atom is -0.491 e. The Labute approximate surface area is 177 Å². The maximum absolute atomic E-state index is 13.0. The van der Waals surface area contributed by atoms with Crippen molar-refractivity contribution in [1.29, 1.82) is 0 Å².